The van der Waals surface area contributed by atoms with Crippen LogP contribution in [0.2, 0.25) is 0 Å². The van der Waals surface area contributed by atoms with Crippen LogP contribution in [-0.2, 0) is 19.0 Å². The molecular formula is C12H25NO5. The van der Waals surface area contributed by atoms with Gasteiger partial charge in [-0.3, -0.25) is 4.79 Å². The quantitative estimate of drug-likeness (QED) is 0.483. The minimum absolute atomic E-state index is 0.386. The van der Waals surface area contributed by atoms with Crippen LogP contribution >= 0.6 is 0 Å². The van der Waals surface area contributed by atoms with Gasteiger partial charge < -0.3 is 24.6 Å². The molecule has 18 heavy (non-hydrogen) atoms. The summed E-state index contributed by atoms with van der Waals surface area (Å²) < 4.78 is 15.7. The largest absolute Gasteiger partial charge is 0.384 e. The third kappa shape index (κ3) is 11.8. The number of carbonyl (C=O) groups is 1. The summed E-state index contributed by atoms with van der Waals surface area (Å²) in [6.45, 7) is 7.23. The number of nitrogens with one attached hydrogen (secondary N) is 1. The molecule has 2 N–H and O–H groups in total. The van der Waals surface area contributed by atoms with Crippen molar-refractivity contribution in [3.63, 3.8) is 0 Å². The first-order valence-electron chi connectivity index (χ1n) is 6.37. The third-order valence-electron chi connectivity index (χ3n) is 2.02. The van der Waals surface area contributed by atoms with Gasteiger partial charge in [0.2, 0.25) is 5.91 Å². The molecule has 6 nitrogen and oxygen atoms in total. The van der Waals surface area contributed by atoms with Crippen molar-refractivity contribution in [2.24, 2.45) is 0 Å². The van der Waals surface area contributed by atoms with Gasteiger partial charge in [0.1, 0.15) is 6.10 Å². The summed E-state index contributed by atoms with van der Waals surface area (Å²) in [5, 5.41) is 11.4. The molecule has 6 heteroatoms. The Morgan fingerprint density at radius 1 is 1.06 bits per heavy atom. The molecule has 1 atom stereocenters. The second-order valence-electron chi connectivity index (χ2n) is 3.80. The molecule has 108 valence electrons. The van der Waals surface area contributed by atoms with Gasteiger partial charge in [0.25, 0.3) is 0 Å². The van der Waals surface area contributed by atoms with Crippen LogP contribution in [0.15, 0.2) is 0 Å². The maximum absolute atomic E-state index is 10.9. The van der Waals surface area contributed by atoms with Crippen LogP contribution in [0.1, 0.15) is 20.3 Å². The summed E-state index contributed by atoms with van der Waals surface area (Å²) in [4.78, 5) is 10.9. The molecule has 1 amide bonds. The van der Waals surface area contributed by atoms with Gasteiger partial charge in [0.15, 0.2) is 0 Å². The summed E-state index contributed by atoms with van der Waals surface area (Å²) in [6.07, 6.45) is 0.0397. The Bertz CT molecular complexity index is 199. The maximum Gasteiger partial charge on any atom is 0.248 e. The van der Waals surface area contributed by atoms with Crippen molar-refractivity contribution in [2.45, 2.75) is 26.4 Å². The molecule has 0 unspecified atom stereocenters. The molecule has 0 aliphatic carbocycles. The van der Waals surface area contributed by atoms with E-state index in [0.717, 1.165) is 13.0 Å². The van der Waals surface area contributed by atoms with E-state index >= 15 is 0 Å². The Balaban J connectivity index is 3.05. The molecule has 0 rings (SSSR count). The molecular weight excluding hydrogens is 238 g/mol. The summed E-state index contributed by atoms with van der Waals surface area (Å²) >= 11 is 0. The van der Waals surface area contributed by atoms with E-state index in [1.807, 2.05) is 0 Å². The summed E-state index contributed by atoms with van der Waals surface area (Å²) in [5.74, 6) is -0.386. The topological polar surface area (TPSA) is 77.0 Å². The molecule has 0 aliphatic rings. The van der Waals surface area contributed by atoms with E-state index in [1.165, 1.54) is 6.92 Å². The van der Waals surface area contributed by atoms with Gasteiger partial charge in [-0.15, -0.1) is 0 Å². The Labute approximate surface area is 109 Å². The number of hydrogen-bond acceptors (Lipinski definition) is 5. The van der Waals surface area contributed by atoms with Crippen molar-refractivity contribution in [1.82, 2.24) is 5.32 Å². The lowest BCUT2D eigenvalue weighted by atomic mass is 10.4. The molecule has 0 aliphatic heterocycles. The maximum atomic E-state index is 10.9. The fourth-order valence-electron chi connectivity index (χ4n) is 1.08. The van der Waals surface area contributed by atoms with Gasteiger partial charge in [-0.1, -0.05) is 6.92 Å². The predicted molar refractivity (Wildman–Crippen MR) is 67.4 cm³/mol. The summed E-state index contributed by atoms with van der Waals surface area (Å²) in [6, 6.07) is 0. The number of aliphatic hydroxyl groups is 1. The zero-order chi connectivity index (χ0) is 13.6. The zero-order valence-electron chi connectivity index (χ0n) is 11.3. The summed E-state index contributed by atoms with van der Waals surface area (Å²) in [7, 11) is 0. The molecule has 0 fully saturated rings. The Hall–Kier alpha value is -0.690. The van der Waals surface area contributed by atoms with E-state index in [1.54, 1.807) is 0 Å². The third-order valence-corrected chi connectivity index (χ3v) is 2.02. The second-order valence-corrected chi connectivity index (χ2v) is 3.80. The van der Waals surface area contributed by atoms with Gasteiger partial charge in [0.05, 0.1) is 33.0 Å². The number of aliphatic hydroxyl groups excluding tert-OH is 1. The lowest BCUT2D eigenvalue weighted by molar-refractivity contribution is -0.128. The molecule has 0 spiro atoms. The number of carbonyl (C=O) groups excluding carboxylic acids is 1. The van der Waals surface area contributed by atoms with Crippen molar-refractivity contribution in [1.29, 1.82) is 0 Å². The Morgan fingerprint density at radius 3 is 2.06 bits per heavy atom. The number of ether oxygens (including phenoxy) is 3. The van der Waals surface area contributed by atoms with Gasteiger partial charge >= 0.3 is 0 Å². The smallest absolute Gasteiger partial charge is 0.248 e. The normalized spacial score (nSPS) is 12.4. The number of hydrogen-bond donors (Lipinski definition) is 2. The lowest BCUT2D eigenvalue weighted by Gasteiger charge is -2.08. The molecule has 0 saturated heterocycles. The van der Waals surface area contributed by atoms with E-state index in [-0.39, 0.29) is 5.91 Å². The summed E-state index contributed by atoms with van der Waals surface area (Å²) in [5.41, 5.74) is 0. The van der Waals surface area contributed by atoms with Crippen LogP contribution < -0.4 is 5.32 Å². The molecule has 0 bridgehead atoms. The first kappa shape index (κ1) is 17.3. The van der Waals surface area contributed by atoms with E-state index in [4.69, 9.17) is 19.3 Å². The average Bonchev–Trinajstić information content (AvgIpc) is 2.35. The molecule has 0 radical (unpaired) electrons. The number of rotatable bonds is 12. The molecule has 0 heterocycles. The van der Waals surface area contributed by atoms with Crippen LogP contribution in [0.25, 0.3) is 0 Å². The minimum atomic E-state index is -0.976. The highest BCUT2D eigenvalue weighted by Crippen LogP contribution is 1.83. The van der Waals surface area contributed by atoms with Gasteiger partial charge in [-0.05, 0) is 13.3 Å². The van der Waals surface area contributed by atoms with Gasteiger partial charge in [-0.25, -0.2) is 0 Å². The van der Waals surface area contributed by atoms with Crippen LogP contribution in [0.4, 0.5) is 0 Å². The highest BCUT2D eigenvalue weighted by Gasteiger charge is 2.06. The van der Waals surface area contributed by atoms with Crippen molar-refractivity contribution in [3.8, 4) is 0 Å². The molecule has 0 aromatic heterocycles. The van der Waals surface area contributed by atoms with Crippen LogP contribution in [-0.4, -0.2) is 63.3 Å². The standard InChI is InChI=1S/C12H25NO5/c1-3-5-16-7-9-18-10-8-17-6-4-13-12(15)11(2)14/h11,14H,3-10H2,1-2H3,(H,13,15)/t11-/m0/s1. The Morgan fingerprint density at radius 2 is 1.56 bits per heavy atom. The van der Waals surface area contributed by atoms with E-state index in [0.29, 0.717) is 39.6 Å². The van der Waals surface area contributed by atoms with Crippen LogP contribution in [0, 0.1) is 0 Å². The van der Waals surface area contributed by atoms with Crippen molar-refractivity contribution >= 4 is 5.91 Å². The first-order valence-corrected chi connectivity index (χ1v) is 6.37. The van der Waals surface area contributed by atoms with Gasteiger partial charge in [0, 0.05) is 13.2 Å². The predicted octanol–water partition coefficient (Wildman–Crippen LogP) is -0.0568. The van der Waals surface area contributed by atoms with E-state index < -0.39 is 6.10 Å². The molecule has 0 saturated carbocycles. The monoisotopic (exact) mass is 263 g/mol. The van der Waals surface area contributed by atoms with Crippen molar-refractivity contribution in [2.75, 3.05) is 46.2 Å². The molecule has 0 aromatic rings. The fourth-order valence-corrected chi connectivity index (χ4v) is 1.08. The first-order chi connectivity index (χ1) is 8.68. The number of amides is 1. The average molecular weight is 263 g/mol. The molecule has 0 aromatic carbocycles. The van der Waals surface area contributed by atoms with Gasteiger partial charge in [-0.2, -0.15) is 0 Å². The van der Waals surface area contributed by atoms with Crippen LogP contribution in [0.3, 0.4) is 0 Å². The second kappa shape index (κ2) is 12.8. The van der Waals surface area contributed by atoms with Crippen molar-refractivity contribution < 1.29 is 24.1 Å². The highest BCUT2D eigenvalue weighted by molar-refractivity contribution is 5.79. The lowest BCUT2D eigenvalue weighted by Crippen LogP contribution is -2.34. The highest BCUT2D eigenvalue weighted by atomic mass is 16.5. The minimum Gasteiger partial charge on any atom is -0.384 e. The zero-order valence-corrected chi connectivity index (χ0v) is 11.3. The van der Waals surface area contributed by atoms with Crippen molar-refractivity contribution in [3.05, 3.63) is 0 Å². The SMILES string of the molecule is CCCOCCOCCOCCNC(=O)[C@H](C)O. The van der Waals surface area contributed by atoms with E-state index in [2.05, 4.69) is 12.2 Å². The van der Waals surface area contributed by atoms with Crippen LogP contribution in [0.5, 0.6) is 0 Å². The van der Waals surface area contributed by atoms with E-state index in [9.17, 15) is 4.79 Å². The fraction of sp³-hybridized carbons (Fsp3) is 0.917. The Kier molecular flexibility index (Phi) is 12.3.